The molecule has 0 N–H and O–H groups in total. The Morgan fingerprint density at radius 1 is 1.17 bits per heavy atom. The van der Waals surface area contributed by atoms with Gasteiger partial charge in [0.2, 0.25) is 5.88 Å². The van der Waals surface area contributed by atoms with Crippen molar-refractivity contribution in [2.24, 2.45) is 0 Å². The number of ether oxygens (including phenoxy) is 1. The first-order chi connectivity index (χ1) is 8.04. The molecule has 0 fully saturated rings. The molecule has 0 radical (unpaired) electrons. The molecule has 18 heavy (non-hydrogen) atoms. The highest BCUT2D eigenvalue weighted by Gasteiger charge is 2.39. The topological polar surface area (TPSA) is 22.1 Å². The molecule has 1 rings (SSSR count). The molecule has 102 valence electrons. The standard InChI is InChI=1S/C8H3BrF7NO/c9-2-3-1-4(10)5(7(11,12)13)17-6(3)18-8(14,15)16/h1H,2H2. The molecule has 0 aromatic carbocycles. The van der Waals surface area contributed by atoms with Gasteiger partial charge in [-0.15, -0.1) is 13.2 Å². The van der Waals surface area contributed by atoms with E-state index < -0.39 is 35.5 Å². The lowest BCUT2D eigenvalue weighted by Crippen LogP contribution is -2.21. The summed E-state index contributed by atoms with van der Waals surface area (Å²) in [5.41, 5.74) is -2.55. The molecule has 10 heteroatoms. The van der Waals surface area contributed by atoms with Gasteiger partial charge >= 0.3 is 12.5 Å². The van der Waals surface area contributed by atoms with Crippen LogP contribution in [0, 0.1) is 5.82 Å². The Balaban J connectivity index is 3.31. The van der Waals surface area contributed by atoms with Crippen LogP contribution in [0.1, 0.15) is 11.3 Å². The number of aromatic nitrogens is 1. The lowest BCUT2D eigenvalue weighted by atomic mass is 10.2. The second kappa shape index (κ2) is 4.90. The van der Waals surface area contributed by atoms with Crippen LogP contribution in [-0.2, 0) is 11.5 Å². The second-order valence-corrected chi connectivity index (χ2v) is 3.52. The van der Waals surface area contributed by atoms with Gasteiger partial charge in [-0.25, -0.2) is 9.37 Å². The maximum absolute atomic E-state index is 13.0. The van der Waals surface area contributed by atoms with Gasteiger partial charge in [-0.2, -0.15) is 13.2 Å². The number of pyridine rings is 1. The van der Waals surface area contributed by atoms with Gasteiger partial charge in [0.1, 0.15) is 0 Å². The number of hydrogen-bond acceptors (Lipinski definition) is 2. The molecule has 0 atom stereocenters. The summed E-state index contributed by atoms with van der Waals surface area (Å²) >= 11 is 2.69. The third kappa shape index (κ3) is 3.72. The third-order valence-electron chi connectivity index (χ3n) is 1.64. The Hall–Kier alpha value is -1.06. The molecule has 0 bridgehead atoms. The largest absolute Gasteiger partial charge is 0.574 e. The first kappa shape index (κ1) is 15.0. The highest BCUT2D eigenvalue weighted by Crippen LogP contribution is 2.34. The quantitative estimate of drug-likeness (QED) is 0.598. The molecule has 0 unspecified atom stereocenters. The van der Waals surface area contributed by atoms with Crippen molar-refractivity contribution in [2.75, 3.05) is 0 Å². The minimum Gasteiger partial charge on any atom is -0.388 e. The van der Waals surface area contributed by atoms with Gasteiger partial charge in [-0.1, -0.05) is 15.9 Å². The van der Waals surface area contributed by atoms with E-state index in [1.807, 2.05) is 0 Å². The Labute approximate surface area is 104 Å². The molecule has 0 spiro atoms. The van der Waals surface area contributed by atoms with Crippen LogP contribution in [0.3, 0.4) is 0 Å². The fourth-order valence-electron chi connectivity index (χ4n) is 1.00. The monoisotopic (exact) mass is 341 g/mol. The van der Waals surface area contributed by atoms with Gasteiger partial charge in [0.25, 0.3) is 0 Å². The molecule has 1 heterocycles. The maximum atomic E-state index is 13.0. The summed E-state index contributed by atoms with van der Waals surface area (Å²) in [5.74, 6) is -3.11. The molecular formula is C8H3BrF7NO. The van der Waals surface area contributed by atoms with Gasteiger partial charge in [-0.3, -0.25) is 0 Å². The second-order valence-electron chi connectivity index (χ2n) is 2.96. The van der Waals surface area contributed by atoms with Crippen molar-refractivity contribution in [3.05, 3.63) is 23.1 Å². The molecule has 1 aromatic heterocycles. The summed E-state index contributed by atoms with van der Waals surface area (Å²) in [6.45, 7) is 0. The number of nitrogens with zero attached hydrogens (tertiary/aromatic N) is 1. The predicted octanol–water partition coefficient (Wildman–Crippen LogP) is 4.03. The zero-order valence-corrected chi connectivity index (χ0v) is 9.75. The zero-order chi connectivity index (χ0) is 14.1. The SMILES string of the molecule is Fc1cc(CBr)c(OC(F)(F)F)nc1C(F)(F)F. The molecule has 0 amide bonds. The van der Waals surface area contributed by atoms with E-state index in [0.717, 1.165) is 0 Å². The predicted molar refractivity (Wildman–Crippen MR) is 48.5 cm³/mol. The van der Waals surface area contributed by atoms with Crippen LogP contribution in [-0.4, -0.2) is 11.3 Å². The fraction of sp³-hybridized carbons (Fsp3) is 0.375. The summed E-state index contributed by atoms with van der Waals surface area (Å²) in [6, 6.07) is 0.283. The number of alkyl halides is 7. The average Bonchev–Trinajstić information content (AvgIpc) is 2.16. The van der Waals surface area contributed by atoms with Crippen LogP contribution < -0.4 is 4.74 Å². The molecular weight excluding hydrogens is 339 g/mol. The van der Waals surface area contributed by atoms with Gasteiger partial charge in [0, 0.05) is 10.9 Å². The minimum atomic E-state index is -5.22. The van der Waals surface area contributed by atoms with Gasteiger partial charge < -0.3 is 4.74 Å². The number of rotatable bonds is 2. The molecule has 2 nitrogen and oxygen atoms in total. The van der Waals surface area contributed by atoms with Crippen molar-refractivity contribution in [1.82, 2.24) is 4.98 Å². The van der Waals surface area contributed by atoms with Crippen molar-refractivity contribution >= 4 is 15.9 Å². The number of hydrogen-bond donors (Lipinski definition) is 0. The van der Waals surface area contributed by atoms with E-state index in [-0.39, 0.29) is 11.4 Å². The molecule has 0 aliphatic carbocycles. The van der Waals surface area contributed by atoms with Crippen molar-refractivity contribution in [3.8, 4) is 5.88 Å². The number of halogens is 8. The summed E-state index contributed by atoms with van der Waals surface area (Å²) in [7, 11) is 0. The van der Waals surface area contributed by atoms with E-state index in [1.54, 1.807) is 0 Å². The van der Waals surface area contributed by atoms with Crippen molar-refractivity contribution in [3.63, 3.8) is 0 Å². The van der Waals surface area contributed by atoms with Crippen LogP contribution in [0.25, 0.3) is 0 Å². The Morgan fingerprint density at radius 3 is 2.11 bits per heavy atom. The van der Waals surface area contributed by atoms with Crippen molar-refractivity contribution in [2.45, 2.75) is 17.9 Å². The Bertz CT molecular complexity index is 442. The van der Waals surface area contributed by atoms with Gasteiger partial charge in [0.15, 0.2) is 11.5 Å². The van der Waals surface area contributed by atoms with Crippen LogP contribution in [0.5, 0.6) is 5.88 Å². The van der Waals surface area contributed by atoms with E-state index in [1.165, 1.54) is 0 Å². The van der Waals surface area contributed by atoms with Crippen LogP contribution >= 0.6 is 15.9 Å². The molecule has 0 saturated carbocycles. The molecule has 0 aliphatic rings. The van der Waals surface area contributed by atoms with Crippen LogP contribution in [0.15, 0.2) is 6.07 Å². The van der Waals surface area contributed by atoms with Crippen molar-refractivity contribution in [1.29, 1.82) is 0 Å². The molecule has 1 aromatic rings. The first-order valence-corrected chi connectivity index (χ1v) is 5.25. The normalized spacial score (nSPS) is 12.7. The maximum Gasteiger partial charge on any atom is 0.574 e. The van der Waals surface area contributed by atoms with E-state index in [0.29, 0.717) is 0 Å². The van der Waals surface area contributed by atoms with E-state index in [4.69, 9.17) is 0 Å². The molecule has 0 aliphatic heterocycles. The highest BCUT2D eigenvalue weighted by atomic mass is 79.9. The third-order valence-corrected chi connectivity index (χ3v) is 2.24. The van der Waals surface area contributed by atoms with E-state index >= 15 is 0 Å². The first-order valence-electron chi connectivity index (χ1n) is 4.13. The Morgan fingerprint density at radius 2 is 1.72 bits per heavy atom. The minimum absolute atomic E-state index is 0.283. The lowest BCUT2D eigenvalue weighted by molar-refractivity contribution is -0.276. The highest BCUT2D eigenvalue weighted by molar-refractivity contribution is 9.08. The summed E-state index contributed by atoms with van der Waals surface area (Å²) in [5, 5.41) is -0.347. The van der Waals surface area contributed by atoms with Gasteiger partial charge in [0.05, 0.1) is 0 Å². The average molecular weight is 342 g/mol. The van der Waals surface area contributed by atoms with Crippen LogP contribution in [0.2, 0.25) is 0 Å². The lowest BCUT2D eigenvalue weighted by Gasteiger charge is -2.14. The zero-order valence-electron chi connectivity index (χ0n) is 8.16. The van der Waals surface area contributed by atoms with E-state index in [9.17, 15) is 30.7 Å². The summed E-state index contributed by atoms with van der Waals surface area (Å²) in [6.07, 6.45) is -10.4. The van der Waals surface area contributed by atoms with Crippen molar-refractivity contribution < 1.29 is 35.5 Å². The molecule has 0 saturated heterocycles. The smallest absolute Gasteiger partial charge is 0.388 e. The Kier molecular flexibility index (Phi) is 4.08. The van der Waals surface area contributed by atoms with Crippen LogP contribution in [0.4, 0.5) is 30.7 Å². The fourth-order valence-corrected chi connectivity index (χ4v) is 1.40. The van der Waals surface area contributed by atoms with E-state index in [2.05, 4.69) is 25.7 Å². The summed E-state index contributed by atoms with van der Waals surface area (Å²) < 4.78 is 88.9. The summed E-state index contributed by atoms with van der Waals surface area (Å²) in [4.78, 5) is 2.53. The van der Waals surface area contributed by atoms with Gasteiger partial charge in [-0.05, 0) is 6.07 Å².